The molecule has 86 valence electrons. The van der Waals surface area contributed by atoms with Crippen molar-refractivity contribution in [3.8, 4) is 0 Å². The molecule has 0 saturated carbocycles. The van der Waals surface area contributed by atoms with E-state index in [-0.39, 0.29) is 5.56 Å². The molecule has 6 heteroatoms. The van der Waals surface area contributed by atoms with Gasteiger partial charge >= 0.3 is 0 Å². The summed E-state index contributed by atoms with van der Waals surface area (Å²) in [5, 5.41) is 10.4. The van der Waals surface area contributed by atoms with Crippen molar-refractivity contribution in [1.29, 1.82) is 0 Å². The molecule has 16 heavy (non-hydrogen) atoms. The summed E-state index contributed by atoms with van der Waals surface area (Å²) in [6.07, 6.45) is -2.31. The standard InChI is InChI=1S/C10H9F2NO3/c1-6(5-14)8-3-2-7(13(15)16)4-9(8)10(11)12/h2-6,10H,1H3. The van der Waals surface area contributed by atoms with Crippen LogP contribution in [-0.2, 0) is 4.79 Å². The molecule has 0 aliphatic heterocycles. The molecule has 1 unspecified atom stereocenters. The molecule has 1 atom stereocenters. The Kier molecular flexibility index (Phi) is 3.65. The molecule has 0 bridgehead atoms. The highest BCUT2D eigenvalue weighted by atomic mass is 19.3. The molecule has 0 N–H and O–H groups in total. The molecule has 0 heterocycles. The number of aldehydes is 1. The van der Waals surface area contributed by atoms with E-state index in [2.05, 4.69) is 0 Å². The summed E-state index contributed by atoms with van der Waals surface area (Å²) in [4.78, 5) is 20.2. The van der Waals surface area contributed by atoms with Crippen molar-refractivity contribution in [1.82, 2.24) is 0 Å². The van der Waals surface area contributed by atoms with Crippen LogP contribution in [0.2, 0.25) is 0 Å². The van der Waals surface area contributed by atoms with E-state index >= 15 is 0 Å². The quantitative estimate of drug-likeness (QED) is 0.453. The van der Waals surface area contributed by atoms with Gasteiger partial charge in [0, 0.05) is 23.6 Å². The number of hydrogen-bond acceptors (Lipinski definition) is 3. The van der Waals surface area contributed by atoms with Crippen molar-refractivity contribution in [3.05, 3.63) is 39.4 Å². The first-order chi connectivity index (χ1) is 7.47. The van der Waals surface area contributed by atoms with Gasteiger partial charge in [-0.05, 0) is 5.56 Å². The van der Waals surface area contributed by atoms with E-state index in [0.717, 1.165) is 12.1 Å². The fourth-order valence-corrected chi connectivity index (χ4v) is 1.35. The second-order valence-corrected chi connectivity index (χ2v) is 3.30. The summed E-state index contributed by atoms with van der Waals surface area (Å²) in [7, 11) is 0. The number of carbonyl (C=O) groups excluding carboxylic acids is 1. The molecular weight excluding hydrogens is 220 g/mol. The molecule has 0 spiro atoms. The molecule has 1 aromatic rings. The van der Waals surface area contributed by atoms with Crippen molar-refractivity contribution in [3.63, 3.8) is 0 Å². The number of nitro groups is 1. The Morgan fingerprint density at radius 2 is 2.00 bits per heavy atom. The maximum absolute atomic E-state index is 12.6. The van der Waals surface area contributed by atoms with Crippen LogP contribution < -0.4 is 0 Å². The average Bonchev–Trinajstić information content (AvgIpc) is 2.26. The topological polar surface area (TPSA) is 60.2 Å². The molecule has 0 aromatic heterocycles. The number of benzene rings is 1. The molecule has 0 fully saturated rings. The molecular formula is C10H9F2NO3. The van der Waals surface area contributed by atoms with Crippen LogP contribution >= 0.6 is 0 Å². The normalized spacial score (nSPS) is 12.5. The maximum Gasteiger partial charge on any atom is 0.269 e. The number of carbonyl (C=O) groups is 1. The highest BCUT2D eigenvalue weighted by Gasteiger charge is 2.20. The number of alkyl halides is 2. The number of halogens is 2. The molecule has 0 aliphatic carbocycles. The first-order valence-corrected chi connectivity index (χ1v) is 4.49. The van der Waals surface area contributed by atoms with Crippen LogP contribution in [0.25, 0.3) is 0 Å². The number of non-ortho nitro benzene ring substituents is 1. The minimum Gasteiger partial charge on any atom is -0.303 e. The van der Waals surface area contributed by atoms with Gasteiger partial charge in [-0.3, -0.25) is 10.1 Å². The van der Waals surface area contributed by atoms with Crippen LogP contribution in [-0.4, -0.2) is 11.2 Å². The van der Waals surface area contributed by atoms with Crippen LogP contribution in [0.5, 0.6) is 0 Å². The average molecular weight is 229 g/mol. The van der Waals surface area contributed by atoms with Gasteiger partial charge in [0.25, 0.3) is 12.1 Å². The van der Waals surface area contributed by atoms with Crippen LogP contribution in [0.1, 0.15) is 30.4 Å². The fraction of sp³-hybridized carbons (Fsp3) is 0.300. The summed E-state index contributed by atoms with van der Waals surface area (Å²) >= 11 is 0. The van der Waals surface area contributed by atoms with Crippen molar-refractivity contribution >= 4 is 12.0 Å². The van der Waals surface area contributed by atoms with Crippen LogP contribution in [0.4, 0.5) is 14.5 Å². The lowest BCUT2D eigenvalue weighted by molar-refractivity contribution is -0.385. The molecule has 0 amide bonds. The summed E-state index contributed by atoms with van der Waals surface area (Å²) < 4.78 is 25.3. The first-order valence-electron chi connectivity index (χ1n) is 4.49. The molecule has 0 radical (unpaired) electrons. The SMILES string of the molecule is CC(C=O)c1ccc([N+](=O)[O-])cc1C(F)F. The van der Waals surface area contributed by atoms with Gasteiger partial charge in [0.1, 0.15) is 6.29 Å². The Morgan fingerprint density at radius 3 is 2.44 bits per heavy atom. The fourth-order valence-electron chi connectivity index (χ4n) is 1.35. The minimum atomic E-state index is -2.84. The van der Waals surface area contributed by atoms with Gasteiger partial charge in [0.15, 0.2) is 0 Å². The molecule has 4 nitrogen and oxygen atoms in total. The smallest absolute Gasteiger partial charge is 0.269 e. The van der Waals surface area contributed by atoms with Gasteiger partial charge in [0.2, 0.25) is 0 Å². The predicted octanol–water partition coefficient (Wildman–Crippen LogP) is 2.83. The lowest BCUT2D eigenvalue weighted by atomic mass is 9.96. The third kappa shape index (κ3) is 2.39. The molecule has 1 aromatic carbocycles. The second kappa shape index (κ2) is 4.78. The molecule has 0 saturated heterocycles. The van der Waals surface area contributed by atoms with Crippen molar-refractivity contribution in [2.24, 2.45) is 0 Å². The van der Waals surface area contributed by atoms with Crippen LogP contribution in [0.15, 0.2) is 18.2 Å². The van der Waals surface area contributed by atoms with Gasteiger partial charge in [-0.1, -0.05) is 13.0 Å². The Bertz CT molecular complexity index is 421. The van der Waals surface area contributed by atoms with Crippen molar-refractivity contribution < 1.29 is 18.5 Å². The zero-order chi connectivity index (χ0) is 12.3. The maximum atomic E-state index is 12.6. The van der Waals surface area contributed by atoms with E-state index < -0.39 is 28.5 Å². The Balaban J connectivity index is 3.30. The van der Waals surface area contributed by atoms with E-state index in [4.69, 9.17) is 0 Å². The lowest BCUT2D eigenvalue weighted by Crippen LogP contribution is -2.02. The summed E-state index contributed by atoms with van der Waals surface area (Å²) in [6.45, 7) is 1.46. The third-order valence-corrected chi connectivity index (χ3v) is 2.21. The van der Waals surface area contributed by atoms with Crippen molar-refractivity contribution in [2.75, 3.05) is 0 Å². The summed E-state index contributed by atoms with van der Waals surface area (Å²) in [5.74, 6) is -0.704. The second-order valence-electron chi connectivity index (χ2n) is 3.30. The third-order valence-electron chi connectivity index (χ3n) is 2.21. The zero-order valence-corrected chi connectivity index (χ0v) is 8.39. The Labute approximate surface area is 90.0 Å². The number of nitrogens with zero attached hydrogens (tertiary/aromatic N) is 1. The van der Waals surface area contributed by atoms with E-state index in [1.165, 1.54) is 13.0 Å². The Hall–Kier alpha value is -1.85. The first kappa shape index (κ1) is 12.2. The van der Waals surface area contributed by atoms with Gasteiger partial charge in [-0.25, -0.2) is 8.78 Å². The van der Waals surface area contributed by atoms with Gasteiger partial charge < -0.3 is 4.79 Å². The molecule has 0 aliphatic rings. The number of hydrogen-bond donors (Lipinski definition) is 0. The van der Waals surface area contributed by atoms with E-state index in [9.17, 15) is 23.7 Å². The highest BCUT2D eigenvalue weighted by Crippen LogP contribution is 2.30. The van der Waals surface area contributed by atoms with Gasteiger partial charge in [-0.15, -0.1) is 0 Å². The largest absolute Gasteiger partial charge is 0.303 e. The van der Waals surface area contributed by atoms with Gasteiger partial charge in [-0.2, -0.15) is 0 Å². The predicted molar refractivity (Wildman–Crippen MR) is 52.5 cm³/mol. The van der Waals surface area contributed by atoms with Crippen molar-refractivity contribution in [2.45, 2.75) is 19.3 Å². The monoisotopic (exact) mass is 229 g/mol. The van der Waals surface area contributed by atoms with E-state index in [1.54, 1.807) is 0 Å². The van der Waals surface area contributed by atoms with Crippen LogP contribution in [0, 0.1) is 10.1 Å². The number of nitro benzene ring substituents is 1. The van der Waals surface area contributed by atoms with E-state index in [1.807, 2.05) is 0 Å². The summed E-state index contributed by atoms with van der Waals surface area (Å²) in [6, 6.07) is 3.11. The number of rotatable bonds is 4. The molecule has 1 rings (SSSR count). The Morgan fingerprint density at radius 1 is 1.38 bits per heavy atom. The van der Waals surface area contributed by atoms with E-state index in [0.29, 0.717) is 6.29 Å². The van der Waals surface area contributed by atoms with Gasteiger partial charge in [0.05, 0.1) is 4.92 Å². The zero-order valence-electron chi connectivity index (χ0n) is 8.39. The highest BCUT2D eigenvalue weighted by molar-refractivity contribution is 5.63. The lowest BCUT2D eigenvalue weighted by Gasteiger charge is -2.10. The van der Waals surface area contributed by atoms with Crippen LogP contribution in [0.3, 0.4) is 0 Å². The minimum absolute atomic E-state index is 0.121. The summed E-state index contributed by atoms with van der Waals surface area (Å²) in [5.41, 5.74) is -0.749.